The summed E-state index contributed by atoms with van der Waals surface area (Å²) < 4.78 is 11.7. The van der Waals surface area contributed by atoms with Gasteiger partial charge in [0.25, 0.3) is 0 Å². The average Bonchev–Trinajstić information content (AvgIpc) is 2.42. The van der Waals surface area contributed by atoms with Gasteiger partial charge in [-0.25, -0.2) is 0 Å². The number of aliphatic hydroxyl groups excluding tert-OH is 1. The highest BCUT2D eigenvalue weighted by Gasteiger charge is 2.08. The van der Waals surface area contributed by atoms with Crippen molar-refractivity contribution in [1.82, 2.24) is 0 Å². The van der Waals surface area contributed by atoms with E-state index in [9.17, 15) is 5.11 Å². The van der Waals surface area contributed by atoms with Crippen molar-refractivity contribution in [3.05, 3.63) is 28.2 Å². The second-order valence-corrected chi connectivity index (χ2v) is 5.22. The van der Waals surface area contributed by atoms with Gasteiger partial charge in [-0.2, -0.15) is 0 Å². The molecule has 0 heterocycles. The summed E-state index contributed by atoms with van der Waals surface area (Å²) in [6.07, 6.45) is 1.49. The molecule has 1 aromatic carbocycles. The second kappa shape index (κ2) is 9.31. The van der Waals surface area contributed by atoms with E-state index < -0.39 is 6.10 Å². The summed E-state index contributed by atoms with van der Waals surface area (Å²) in [7, 11) is 0. The Bertz CT molecular complexity index is 374. The predicted molar refractivity (Wildman–Crippen MR) is 79.3 cm³/mol. The SMILES string of the molecule is CCCCOCC(O)COc1ccc(CN)cc1Br. The molecule has 3 N–H and O–H groups in total. The van der Waals surface area contributed by atoms with E-state index in [0.29, 0.717) is 25.5 Å². The molecule has 0 spiro atoms. The summed E-state index contributed by atoms with van der Waals surface area (Å²) >= 11 is 3.42. The molecular formula is C14H22BrNO3. The molecule has 4 nitrogen and oxygen atoms in total. The van der Waals surface area contributed by atoms with Crippen molar-refractivity contribution in [3.63, 3.8) is 0 Å². The highest BCUT2D eigenvalue weighted by molar-refractivity contribution is 9.10. The van der Waals surface area contributed by atoms with Crippen LogP contribution in [0, 0.1) is 0 Å². The van der Waals surface area contributed by atoms with E-state index >= 15 is 0 Å². The van der Waals surface area contributed by atoms with Crippen LogP contribution in [0.25, 0.3) is 0 Å². The fourth-order valence-electron chi connectivity index (χ4n) is 1.49. The zero-order valence-electron chi connectivity index (χ0n) is 11.3. The summed E-state index contributed by atoms with van der Waals surface area (Å²) in [5, 5.41) is 9.72. The Labute approximate surface area is 123 Å². The lowest BCUT2D eigenvalue weighted by molar-refractivity contribution is 0.0112. The number of rotatable bonds is 9. The Morgan fingerprint density at radius 2 is 2.16 bits per heavy atom. The molecule has 0 bridgehead atoms. The van der Waals surface area contributed by atoms with Gasteiger partial charge < -0.3 is 20.3 Å². The summed E-state index contributed by atoms with van der Waals surface area (Å²) in [4.78, 5) is 0. The Kier molecular flexibility index (Phi) is 8.05. The third-order valence-electron chi connectivity index (χ3n) is 2.62. The fourth-order valence-corrected chi connectivity index (χ4v) is 2.03. The topological polar surface area (TPSA) is 64.7 Å². The number of nitrogens with two attached hydrogens (primary N) is 1. The van der Waals surface area contributed by atoms with Gasteiger partial charge in [-0.1, -0.05) is 19.4 Å². The van der Waals surface area contributed by atoms with Gasteiger partial charge in [0.05, 0.1) is 11.1 Å². The quantitative estimate of drug-likeness (QED) is 0.682. The van der Waals surface area contributed by atoms with Crippen LogP contribution in [0.3, 0.4) is 0 Å². The van der Waals surface area contributed by atoms with Crippen molar-refractivity contribution < 1.29 is 14.6 Å². The molecule has 0 fully saturated rings. The van der Waals surface area contributed by atoms with Gasteiger partial charge in [0, 0.05) is 13.2 Å². The first-order valence-electron chi connectivity index (χ1n) is 6.54. The summed E-state index contributed by atoms with van der Waals surface area (Å²) in [5.74, 6) is 0.699. The van der Waals surface area contributed by atoms with E-state index in [1.165, 1.54) is 0 Å². The van der Waals surface area contributed by atoms with Crippen LogP contribution in [0.2, 0.25) is 0 Å². The number of benzene rings is 1. The molecule has 0 amide bonds. The fraction of sp³-hybridized carbons (Fsp3) is 0.571. The van der Waals surface area contributed by atoms with Gasteiger partial charge in [0.1, 0.15) is 18.5 Å². The molecule has 1 aromatic rings. The molecule has 1 atom stereocenters. The van der Waals surface area contributed by atoms with Crippen LogP contribution < -0.4 is 10.5 Å². The minimum absolute atomic E-state index is 0.215. The molecule has 0 aliphatic heterocycles. The Morgan fingerprint density at radius 3 is 2.79 bits per heavy atom. The van der Waals surface area contributed by atoms with Crippen LogP contribution in [0.15, 0.2) is 22.7 Å². The van der Waals surface area contributed by atoms with Crippen LogP contribution >= 0.6 is 15.9 Å². The molecule has 0 aliphatic rings. The lowest BCUT2D eigenvalue weighted by Gasteiger charge is -2.14. The summed E-state index contributed by atoms with van der Waals surface area (Å²) in [6.45, 7) is 3.80. The Morgan fingerprint density at radius 1 is 1.37 bits per heavy atom. The maximum atomic E-state index is 9.72. The first kappa shape index (κ1) is 16.4. The normalized spacial score (nSPS) is 12.4. The number of hydrogen-bond acceptors (Lipinski definition) is 4. The lowest BCUT2D eigenvalue weighted by atomic mass is 10.2. The molecular weight excluding hydrogens is 310 g/mol. The maximum absolute atomic E-state index is 9.72. The molecule has 108 valence electrons. The third kappa shape index (κ3) is 6.38. The van der Waals surface area contributed by atoms with Crippen molar-refractivity contribution in [3.8, 4) is 5.75 Å². The smallest absolute Gasteiger partial charge is 0.133 e. The van der Waals surface area contributed by atoms with E-state index in [0.717, 1.165) is 22.9 Å². The second-order valence-electron chi connectivity index (χ2n) is 4.36. The van der Waals surface area contributed by atoms with E-state index in [4.69, 9.17) is 15.2 Å². The minimum atomic E-state index is -0.613. The van der Waals surface area contributed by atoms with E-state index in [1.807, 2.05) is 18.2 Å². The van der Waals surface area contributed by atoms with Gasteiger partial charge in [0.15, 0.2) is 0 Å². The van der Waals surface area contributed by atoms with Crippen molar-refractivity contribution in [2.75, 3.05) is 19.8 Å². The van der Waals surface area contributed by atoms with Gasteiger partial charge in [-0.3, -0.25) is 0 Å². The van der Waals surface area contributed by atoms with E-state index in [-0.39, 0.29) is 6.61 Å². The largest absolute Gasteiger partial charge is 0.490 e. The van der Waals surface area contributed by atoms with Gasteiger partial charge in [0.2, 0.25) is 0 Å². The molecule has 5 heteroatoms. The van der Waals surface area contributed by atoms with Crippen LogP contribution in [0.5, 0.6) is 5.75 Å². The minimum Gasteiger partial charge on any atom is -0.490 e. The van der Waals surface area contributed by atoms with E-state index in [2.05, 4.69) is 22.9 Å². The van der Waals surface area contributed by atoms with Gasteiger partial charge >= 0.3 is 0 Å². The van der Waals surface area contributed by atoms with Crippen LogP contribution in [-0.2, 0) is 11.3 Å². The van der Waals surface area contributed by atoms with E-state index in [1.54, 1.807) is 0 Å². The zero-order valence-corrected chi connectivity index (χ0v) is 12.9. The predicted octanol–water partition coefficient (Wildman–Crippen LogP) is 2.46. The number of unbranched alkanes of at least 4 members (excludes halogenated alkanes) is 1. The Balaban J connectivity index is 2.31. The molecule has 0 saturated heterocycles. The van der Waals surface area contributed by atoms with Gasteiger partial charge in [-0.05, 0) is 40.0 Å². The average molecular weight is 332 g/mol. The van der Waals surface area contributed by atoms with Crippen molar-refractivity contribution in [1.29, 1.82) is 0 Å². The molecule has 19 heavy (non-hydrogen) atoms. The third-order valence-corrected chi connectivity index (χ3v) is 3.24. The van der Waals surface area contributed by atoms with Crippen LogP contribution in [0.4, 0.5) is 0 Å². The molecule has 1 rings (SSSR count). The summed E-state index contributed by atoms with van der Waals surface area (Å²) in [5.41, 5.74) is 6.58. The monoisotopic (exact) mass is 331 g/mol. The van der Waals surface area contributed by atoms with Crippen molar-refractivity contribution in [2.45, 2.75) is 32.4 Å². The molecule has 0 saturated carbocycles. The Hall–Kier alpha value is -0.620. The van der Waals surface area contributed by atoms with Crippen molar-refractivity contribution >= 4 is 15.9 Å². The van der Waals surface area contributed by atoms with Crippen LogP contribution in [-0.4, -0.2) is 31.0 Å². The highest BCUT2D eigenvalue weighted by Crippen LogP contribution is 2.25. The van der Waals surface area contributed by atoms with Crippen LogP contribution in [0.1, 0.15) is 25.3 Å². The zero-order chi connectivity index (χ0) is 14.1. The number of hydrogen-bond donors (Lipinski definition) is 2. The molecule has 1 unspecified atom stereocenters. The highest BCUT2D eigenvalue weighted by atomic mass is 79.9. The number of halogens is 1. The van der Waals surface area contributed by atoms with Crippen molar-refractivity contribution in [2.24, 2.45) is 5.73 Å². The molecule has 0 radical (unpaired) electrons. The summed E-state index contributed by atoms with van der Waals surface area (Å²) in [6, 6.07) is 5.67. The number of ether oxygens (including phenoxy) is 2. The maximum Gasteiger partial charge on any atom is 0.133 e. The van der Waals surface area contributed by atoms with Gasteiger partial charge in [-0.15, -0.1) is 0 Å². The number of aliphatic hydroxyl groups is 1. The lowest BCUT2D eigenvalue weighted by Crippen LogP contribution is -2.23. The molecule has 0 aliphatic carbocycles. The standard InChI is InChI=1S/C14H22BrNO3/c1-2-3-6-18-9-12(17)10-19-14-5-4-11(8-16)7-13(14)15/h4-5,7,12,17H,2-3,6,8-10,16H2,1H3. The first-order valence-corrected chi connectivity index (χ1v) is 7.33. The first-order chi connectivity index (χ1) is 9.17. The molecule has 0 aromatic heterocycles.